The average Bonchev–Trinajstić information content (AvgIpc) is 2.70. The minimum Gasteiger partial charge on any atom is -0.446 e. The van der Waals surface area contributed by atoms with Crippen LogP contribution in [-0.4, -0.2) is 22.3 Å². The zero-order chi connectivity index (χ0) is 13.7. The molecular weight excluding hydrogens is 232 g/mol. The van der Waals surface area contributed by atoms with Gasteiger partial charge in [0, 0.05) is 19.8 Å². The molecule has 0 radical (unpaired) electrons. The van der Waals surface area contributed by atoms with Crippen molar-refractivity contribution in [2.75, 3.05) is 0 Å². The van der Waals surface area contributed by atoms with Gasteiger partial charge in [0.25, 0.3) is 0 Å². The van der Waals surface area contributed by atoms with Crippen LogP contribution in [0.2, 0.25) is 0 Å². The maximum absolute atomic E-state index is 11.4. The normalized spacial score (nSPS) is 10.1. The van der Waals surface area contributed by atoms with Crippen LogP contribution in [0.1, 0.15) is 31.4 Å². The van der Waals surface area contributed by atoms with Crippen molar-refractivity contribution < 1.29 is 14.0 Å². The smallest absolute Gasteiger partial charge is 0.198 e. The van der Waals surface area contributed by atoms with Crippen molar-refractivity contribution in [3.63, 3.8) is 0 Å². The first kappa shape index (κ1) is 14.0. The molecule has 5 heteroatoms. The van der Waals surface area contributed by atoms with Gasteiger partial charge in [0.1, 0.15) is 11.5 Å². The van der Waals surface area contributed by atoms with Gasteiger partial charge in [-0.15, -0.1) is 0 Å². The number of aryl methyl sites for hydroxylation is 1. The van der Waals surface area contributed by atoms with Crippen LogP contribution < -0.4 is 0 Å². The molecule has 0 aromatic carbocycles. The van der Waals surface area contributed by atoms with Crippen LogP contribution >= 0.6 is 0 Å². The summed E-state index contributed by atoms with van der Waals surface area (Å²) in [5.74, 6) is 0.333. The molecule has 1 aromatic rings. The average molecular weight is 248 g/mol. The third-order valence-electron chi connectivity index (χ3n) is 2.41. The second-order valence-electron chi connectivity index (χ2n) is 4.15. The number of hydrogen-bond donors (Lipinski definition) is 1. The molecule has 0 unspecified atom stereocenters. The van der Waals surface area contributed by atoms with E-state index in [0.29, 0.717) is 18.7 Å². The zero-order valence-corrected chi connectivity index (χ0v) is 10.6. The summed E-state index contributed by atoms with van der Waals surface area (Å²) in [5.41, 5.74) is 0.344. The summed E-state index contributed by atoms with van der Waals surface area (Å²) in [5, 5.41) is 7.26. The summed E-state index contributed by atoms with van der Waals surface area (Å²) in [6.07, 6.45) is 2.64. The molecule has 0 aliphatic rings. The number of rotatable bonds is 7. The van der Waals surface area contributed by atoms with E-state index >= 15 is 0 Å². The van der Waals surface area contributed by atoms with Gasteiger partial charge in [0.05, 0.1) is 6.20 Å². The largest absolute Gasteiger partial charge is 0.446 e. The van der Waals surface area contributed by atoms with Crippen LogP contribution in [-0.2, 0) is 16.0 Å². The van der Waals surface area contributed by atoms with E-state index in [1.165, 1.54) is 6.92 Å². The number of hydrogen-bond acceptors (Lipinski definition) is 5. The van der Waals surface area contributed by atoms with Crippen LogP contribution in [0.4, 0.5) is 0 Å². The highest BCUT2D eigenvalue weighted by molar-refractivity contribution is 6.64. The van der Waals surface area contributed by atoms with E-state index in [-0.39, 0.29) is 6.42 Å². The summed E-state index contributed by atoms with van der Waals surface area (Å²) in [6.45, 7) is 6.84. The molecule has 1 heterocycles. The number of carbonyl (C=O) groups is 2. The predicted octanol–water partition coefficient (Wildman–Crippen LogP) is 2.04. The van der Waals surface area contributed by atoms with Crippen molar-refractivity contribution in [3.05, 3.63) is 30.0 Å². The van der Waals surface area contributed by atoms with Gasteiger partial charge >= 0.3 is 0 Å². The predicted molar refractivity (Wildman–Crippen MR) is 66.7 cm³/mol. The van der Waals surface area contributed by atoms with Gasteiger partial charge in [-0.3, -0.25) is 15.0 Å². The third-order valence-corrected chi connectivity index (χ3v) is 2.41. The SMILES string of the molecule is C=C(CCC(=O)C(=N)C(C)=O)Cc1ncc(C)o1. The molecule has 1 N–H and O–H groups in total. The molecule has 96 valence electrons. The number of carbonyl (C=O) groups excluding carboxylic acids is 2. The quantitative estimate of drug-likeness (QED) is 0.454. The number of oxazole rings is 1. The highest BCUT2D eigenvalue weighted by atomic mass is 16.4. The topological polar surface area (TPSA) is 84.0 Å². The Labute approximate surface area is 105 Å². The zero-order valence-electron chi connectivity index (χ0n) is 10.6. The van der Waals surface area contributed by atoms with Gasteiger partial charge in [0.15, 0.2) is 17.5 Å². The second-order valence-corrected chi connectivity index (χ2v) is 4.15. The molecule has 0 fully saturated rings. The number of nitrogens with zero attached hydrogens (tertiary/aromatic N) is 1. The number of allylic oxidation sites excluding steroid dienone is 1. The number of Topliss-reactive ketones (excluding diaryl/α,β-unsaturated/α-hetero) is 2. The van der Waals surface area contributed by atoms with Gasteiger partial charge in [-0.1, -0.05) is 12.2 Å². The lowest BCUT2D eigenvalue weighted by atomic mass is 10.0. The van der Waals surface area contributed by atoms with Crippen molar-refractivity contribution in [2.24, 2.45) is 0 Å². The minimum atomic E-state index is -0.506. The number of ketones is 2. The van der Waals surface area contributed by atoms with Crippen molar-refractivity contribution >= 4 is 17.3 Å². The first-order valence-electron chi connectivity index (χ1n) is 5.60. The fraction of sp³-hybridized carbons (Fsp3) is 0.385. The van der Waals surface area contributed by atoms with Crippen LogP contribution in [0.25, 0.3) is 0 Å². The van der Waals surface area contributed by atoms with Crippen molar-refractivity contribution in [3.8, 4) is 0 Å². The van der Waals surface area contributed by atoms with Gasteiger partial charge < -0.3 is 4.42 Å². The lowest BCUT2D eigenvalue weighted by Gasteiger charge is -2.02. The van der Waals surface area contributed by atoms with Crippen LogP contribution in [0.5, 0.6) is 0 Å². The van der Waals surface area contributed by atoms with Crippen molar-refractivity contribution in [1.82, 2.24) is 4.98 Å². The first-order valence-corrected chi connectivity index (χ1v) is 5.60. The number of nitrogens with one attached hydrogen (secondary N) is 1. The van der Waals surface area contributed by atoms with E-state index in [1.54, 1.807) is 13.1 Å². The van der Waals surface area contributed by atoms with E-state index in [0.717, 1.165) is 11.3 Å². The maximum atomic E-state index is 11.4. The summed E-state index contributed by atoms with van der Waals surface area (Å²) >= 11 is 0. The first-order chi connectivity index (χ1) is 8.40. The highest BCUT2D eigenvalue weighted by Crippen LogP contribution is 2.12. The summed E-state index contributed by atoms with van der Waals surface area (Å²) in [4.78, 5) is 26.3. The van der Waals surface area contributed by atoms with E-state index in [1.807, 2.05) is 0 Å². The molecule has 5 nitrogen and oxygen atoms in total. The minimum absolute atomic E-state index is 0.122. The Kier molecular flexibility index (Phi) is 4.71. The summed E-state index contributed by atoms with van der Waals surface area (Å²) < 4.78 is 5.29. The van der Waals surface area contributed by atoms with Crippen molar-refractivity contribution in [1.29, 1.82) is 5.41 Å². The Bertz CT molecular complexity index is 500. The van der Waals surface area contributed by atoms with Crippen LogP contribution in [0.3, 0.4) is 0 Å². The standard InChI is InChI=1S/C13H16N2O3/c1-8(6-12-15-7-9(2)18-12)4-5-11(17)13(14)10(3)16/h7,14H,1,4-6H2,2-3H3. The third kappa shape index (κ3) is 4.08. The Morgan fingerprint density at radius 3 is 2.61 bits per heavy atom. The summed E-state index contributed by atoms with van der Waals surface area (Å²) in [6, 6.07) is 0. The molecule has 0 saturated carbocycles. The van der Waals surface area contributed by atoms with E-state index in [9.17, 15) is 9.59 Å². The summed E-state index contributed by atoms with van der Waals surface area (Å²) in [7, 11) is 0. The highest BCUT2D eigenvalue weighted by Gasteiger charge is 2.14. The second kappa shape index (κ2) is 6.05. The van der Waals surface area contributed by atoms with Crippen LogP contribution in [0.15, 0.2) is 22.8 Å². The Hall–Kier alpha value is -2.04. The van der Waals surface area contributed by atoms with Gasteiger partial charge in [-0.25, -0.2) is 4.98 Å². The Morgan fingerprint density at radius 1 is 1.44 bits per heavy atom. The molecule has 0 bridgehead atoms. The molecule has 1 rings (SSSR count). The fourth-order valence-electron chi connectivity index (χ4n) is 1.40. The van der Waals surface area contributed by atoms with Gasteiger partial charge in [-0.2, -0.15) is 0 Å². The molecule has 0 atom stereocenters. The van der Waals surface area contributed by atoms with E-state index in [2.05, 4.69) is 11.6 Å². The molecule has 0 spiro atoms. The van der Waals surface area contributed by atoms with Crippen molar-refractivity contribution in [2.45, 2.75) is 33.1 Å². The molecule has 0 aliphatic carbocycles. The Morgan fingerprint density at radius 2 is 2.11 bits per heavy atom. The fourth-order valence-corrected chi connectivity index (χ4v) is 1.40. The Balaban J connectivity index is 2.40. The van der Waals surface area contributed by atoms with Gasteiger partial charge in [0.2, 0.25) is 0 Å². The molecule has 0 amide bonds. The van der Waals surface area contributed by atoms with E-state index < -0.39 is 17.3 Å². The maximum Gasteiger partial charge on any atom is 0.198 e. The monoisotopic (exact) mass is 248 g/mol. The number of aromatic nitrogens is 1. The molecule has 0 aliphatic heterocycles. The van der Waals surface area contributed by atoms with Gasteiger partial charge in [-0.05, 0) is 13.3 Å². The van der Waals surface area contributed by atoms with E-state index in [4.69, 9.17) is 9.83 Å². The molecule has 1 aromatic heterocycles. The molecule has 18 heavy (non-hydrogen) atoms. The lowest BCUT2D eigenvalue weighted by molar-refractivity contribution is -0.116. The lowest BCUT2D eigenvalue weighted by Crippen LogP contribution is -2.20. The van der Waals surface area contributed by atoms with Crippen LogP contribution in [0, 0.1) is 12.3 Å². The molecular formula is C13H16N2O3. The molecule has 0 saturated heterocycles.